The van der Waals surface area contributed by atoms with E-state index in [1.54, 1.807) is 24.4 Å². The summed E-state index contributed by atoms with van der Waals surface area (Å²) in [6.07, 6.45) is 1.78. The summed E-state index contributed by atoms with van der Waals surface area (Å²) in [5.41, 5.74) is 2.88. The van der Waals surface area contributed by atoms with Crippen LogP contribution in [0.3, 0.4) is 0 Å². The van der Waals surface area contributed by atoms with Gasteiger partial charge in [0.1, 0.15) is 17.6 Å². The fourth-order valence-electron chi connectivity index (χ4n) is 4.03. The molecule has 1 saturated heterocycles. The number of furan rings is 1. The smallest absolute Gasteiger partial charge is 0.335 e. The summed E-state index contributed by atoms with van der Waals surface area (Å²) in [5, 5.41) is 13.3. The maximum Gasteiger partial charge on any atom is 0.335 e. The Morgan fingerprint density at radius 2 is 2.06 bits per heavy atom. The summed E-state index contributed by atoms with van der Waals surface area (Å²) in [6, 6.07) is 14.6. The summed E-state index contributed by atoms with van der Waals surface area (Å²) in [4.78, 5) is 18.0. The van der Waals surface area contributed by atoms with Crippen molar-refractivity contribution in [1.82, 2.24) is 15.2 Å². The van der Waals surface area contributed by atoms with E-state index in [2.05, 4.69) is 29.0 Å². The van der Waals surface area contributed by atoms with Crippen LogP contribution in [0.2, 0.25) is 0 Å². The number of hydrogen-bond donors (Lipinski definition) is 2. The number of aryl methyl sites for hydroxylation is 1. The first kappa shape index (κ1) is 21.1. The first-order valence-corrected chi connectivity index (χ1v) is 10.7. The zero-order valence-corrected chi connectivity index (χ0v) is 18.5. The molecule has 2 atom stereocenters. The minimum Gasteiger partial charge on any atom is -0.478 e. The Morgan fingerprint density at radius 3 is 2.71 bits per heavy atom. The number of thiocarbonyl (C=S) groups is 1. The predicted molar refractivity (Wildman–Crippen MR) is 123 cm³/mol. The SMILES string of the molecule is Cc1cc(C(=O)O)ccc1-c1ccc([C@@H]2[C@H](c3ccccn3)NC(=S)N2CC(C)C)o1. The van der Waals surface area contributed by atoms with Crippen molar-refractivity contribution in [2.24, 2.45) is 5.92 Å². The summed E-state index contributed by atoms with van der Waals surface area (Å²) < 4.78 is 6.33. The van der Waals surface area contributed by atoms with Gasteiger partial charge in [0, 0.05) is 18.3 Å². The average Bonchev–Trinajstić information content (AvgIpc) is 3.33. The molecule has 0 spiro atoms. The van der Waals surface area contributed by atoms with Gasteiger partial charge < -0.3 is 19.7 Å². The van der Waals surface area contributed by atoms with Gasteiger partial charge in [0.25, 0.3) is 0 Å². The maximum absolute atomic E-state index is 11.3. The van der Waals surface area contributed by atoms with Crippen LogP contribution in [0.25, 0.3) is 11.3 Å². The quantitative estimate of drug-likeness (QED) is 0.529. The second kappa shape index (κ2) is 8.51. The molecule has 0 saturated carbocycles. The van der Waals surface area contributed by atoms with Crippen LogP contribution in [0.1, 0.15) is 53.3 Å². The van der Waals surface area contributed by atoms with Crippen molar-refractivity contribution in [1.29, 1.82) is 0 Å². The minimum atomic E-state index is -0.942. The lowest BCUT2D eigenvalue weighted by atomic mass is 10.0. The molecule has 0 unspecified atom stereocenters. The normalized spacial score (nSPS) is 18.5. The van der Waals surface area contributed by atoms with Crippen molar-refractivity contribution in [3.05, 3.63) is 77.3 Å². The van der Waals surface area contributed by atoms with E-state index in [0.29, 0.717) is 16.8 Å². The Morgan fingerprint density at radius 1 is 1.26 bits per heavy atom. The molecule has 1 aromatic carbocycles. The molecule has 1 aliphatic heterocycles. The van der Waals surface area contributed by atoms with Crippen LogP contribution >= 0.6 is 12.2 Å². The van der Waals surface area contributed by atoms with Gasteiger partial charge in [0.05, 0.1) is 17.3 Å². The topological polar surface area (TPSA) is 78.6 Å². The maximum atomic E-state index is 11.3. The molecule has 0 aliphatic carbocycles. The third-order valence-electron chi connectivity index (χ3n) is 5.42. The number of carboxylic acids is 1. The molecule has 0 amide bonds. The van der Waals surface area contributed by atoms with E-state index in [9.17, 15) is 9.90 Å². The van der Waals surface area contributed by atoms with Gasteiger partial charge in [-0.15, -0.1) is 0 Å². The van der Waals surface area contributed by atoms with Crippen LogP contribution in [0, 0.1) is 12.8 Å². The molecule has 160 valence electrons. The highest BCUT2D eigenvalue weighted by Crippen LogP contribution is 2.41. The number of nitrogens with one attached hydrogen (secondary N) is 1. The van der Waals surface area contributed by atoms with Crippen LogP contribution in [0.5, 0.6) is 0 Å². The van der Waals surface area contributed by atoms with Gasteiger partial charge in [0.15, 0.2) is 5.11 Å². The van der Waals surface area contributed by atoms with E-state index in [-0.39, 0.29) is 17.6 Å². The summed E-state index contributed by atoms with van der Waals surface area (Å²) in [5.74, 6) is 0.972. The minimum absolute atomic E-state index is 0.123. The third-order valence-corrected chi connectivity index (χ3v) is 5.77. The lowest BCUT2D eigenvalue weighted by molar-refractivity contribution is 0.0697. The molecule has 4 rings (SSSR count). The molecule has 2 N–H and O–H groups in total. The highest BCUT2D eigenvalue weighted by Gasteiger charge is 2.41. The number of aromatic nitrogens is 1. The highest BCUT2D eigenvalue weighted by molar-refractivity contribution is 7.80. The van der Waals surface area contributed by atoms with E-state index in [0.717, 1.165) is 29.1 Å². The zero-order valence-electron chi connectivity index (χ0n) is 17.7. The van der Waals surface area contributed by atoms with Crippen molar-refractivity contribution < 1.29 is 14.3 Å². The van der Waals surface area contributed by atoms with Crippen LogP contribution in [-0.2, 0) is 0 Å². The Labute approximate surface area is 186 Å². The molecule has 2 aromatic heterocycles. The molecule has 0 radical (unpaired) electrons. The monoisotopic (exact) mass is 435 g/mol. The molecule has 7 heteroatoms. The summed E-state index contributed by atoms with van der Waals surface area (Å²) >= 11 is 5.66. The standard InChI is InChI=1S/C24H25N3O3S/c1-14(2)13-27-22(21(26-24(27)31)18-6-4-5-11-25-18)20-10-9-19(30-20)17-8-7-16(23(28)29)12-15(17)3/h4-12,14,21-22H,13H2,1-3H3,(H,26,31)(H,28,29)/t21-,22+/m0/s1. The van der Waals surface area contributed by atoms with E-state index in [1.165, 1.54) is 0 Å². The number of benzene rings is 1. The molecule has 1 fully saturated rings. The van der Waals surface area contributed by atoms with Crippen molar-refractivity contribution in [2.75, 3.05) is 6.54 Å². The second-order valence-electron chi connectivity index (χ2n) is 8.21. The van der Waals surface area contributed by atoms with Gasteiger partial charge >= 0.3 is 5.97 Å². The van der Waals surface area contributed by atoms with Gasteiger partial charge in [-0.2, -0.15) is 0 Å². The largest absolute Gasteiger partial charge is 0.478 e. The highest BCUT2D eigenvalue weighted by atomic mass is 32.1. The van der Waals surface area contributed by atoms with Crippen LogP contribution in [0.15, 0.2) is 59.1 Å². The van der Waals surface area contributed by atoms with Crippen molar-refractivity contribution in [2.45, 2.75) is 32.9 Å². The van der Waals surface area contributed by atoms with Crippen LogP contribution < -0.4 is 5.32 Å². The van der Waals surface area contributed by atoms with Gasteiger partial charge in [-0.1, -0.05) is 26.0 Å². The fourth-order valence-corrected chi connectivity index (χ4v) is 4.35. The number of rotatable bonds is 6. The molecule has 6 nitrogen and oxygen atoms in total. The molecular weight excluding hydrogens is 410 g/mol. The average molecular weight is 436 g/mol. The van der Waals surface area contributed by atoms with Gasteiger partial charge in [-0.3, -0.25) is 4.98 Å². The van der Waals surface area contributed by atoms with E-state index in [1.807, 2.05) is 37.3 Å². The van der Waals surface area contributed by atoms with Crippen LogP contribution in [0.4, 0.5) is 0 Å². The van der Waals surface area contributed by atoms with Gasteiger partial charge in [-0.25, -0.2) is 4.79 Å². The van der Waals surface area contributed by atoms with Crippen molar-refractivity contribution in [3.63, 3.8) is 0 Å². The summed E-state index contributed by atoms with van der Waals surface area (Å²) in [6.45, 7) is 7.00. The fraction of sp³-hybridized carbons (Fsp3) is 0.292. The number of hydrogen-bond acceptors (Lipinski definition) is 4. The Hall–Kier alpha value is -3.19. The second-order valence-corrected chi connectivity index (χ2v) is 8.60. The molecule has 31 heavy (non-hydrogen) atoms. The number of carbonyl (C=O) groups is 1. The van der Waals surface area contributed by atoms with Crippen LogP contribution in [-0.4, -0.2) is 32.6 Å². The lowest BCUT2D eigenvalue weighted by Crippen LogP contribution is -2.32. The lowest BCUT2D eigenvalue weighted by Gasteiger charge is -2.27. The third kappa shape index (κ3) is 4.18. The van der Waals surface area contributed by atoms with Crippen molar-refractivity contribution in [3.8, 4) is 11.3 Å². The Kier molecular flexibility index (Phi) is 5.78. The number of pyridine rings is 1. The summed E-state index contributed by atoms with van der Waals surface area (Å²) in [7, 11) is 0. The van der Waals surface area contributed by atoms with Gasteiger partial charge in [-0.05, 0) is 67.0 Å². The van der Waals surface area contributed by atoms with Crippen molar-refractivity contribution >= 4 is 23.3 Å². The molecule has 0 bridgehead atoms. The first-order valence-electron chi connectivity index (χ1n) is 10.3. The zero-order chi connectivity index (χ0) is 22.1. The predicted octanol–water partition coefficient (Wildman–Crippen LogP) is 4.98. The number of carboxylic acid groups (broad SMARTS) is 1. The molecule has 1 aliphatic rings. The Bertz CT molecular complexity index is 1110. The first-order chi connectivity index (χ1) is 14.8. The number of aromatic carboxylic acids is 1. The molecule has 3 heterocycles. The molecule has 3 aromatic rings. The van der Waals surface area contributed by atoms with E-state index in [4.69, 9.17) is 16.6 Å². The van der Waals surface area contributed by atoms with E-state index < -0.39 is 5.97 Å². The molecular formula is C24H25N3O3S. The van der Waals surface area contributed by atoms with E-state index >= 15 is 0 Å². The number of nitrogens with zero attached hydrogens (tertiary/aromatic N) is 2. The Balaban J connectivity index is 1.73. The van der Waals surface area contributed by atoms with Gasteiger partial charge in [0.2, 0.25) is 0 Å².